The van der Waals surface area contributed by atoms with Crippen LogP contribution in [0.1, 0.15) is 48.8 Å². The minimum Gasteiger partial charge on any atom is -0.393 e. The van der Waals surface area contributed by atoms with Crippen molar-refractivity contribution < 1.29 is 5.11 Å². The Hall–Kier alpha value is -0.860. The van der Waals surface area contributed by atoms with Crippen LogP contribution in [-0.4, -0.2) is 11.2 Å². The Kier molecular flexibility index (Phi) is 3.00. The molecule has 0 radical (unpaired) electrons. The summed E-state index contributed by atoms with van der Waals surface area (Å²) in [5, 5.41) is 12.9. The molecule has 2 aromatic carbocycles. The minimum atomic E-state index is -0.127. The van der Waals surface area contributed by atoms with Crippen molar-refractivity contribution in [3.05, 3.63) is 45.4 Å². The van der Waals surface area contributed by atoms with Crippen LogP contribution in [0.5, 0.6) is 0 Å². The molecule has 0 amide bonds. The largest absolute Gasteiger partial charge is 0.393 e. The normalized spacial score (nSPS) is 31.2. The van der Waals surface area contributed by atoms with Crippen molar-refractivity contribution in [1.82, 2.24) is 0 Å². The predicted molar refractivity (Wildman–Crippen MR) is 90.8 cm³/mol. The van der Waals surface area contributed by atoms with Gasteiger partial charge in [0, 0.05) is 4.47 Å². The Morgan fingerprint density at radius 3 is 2.86 bits per heavy atom. The molecular formula is C19H21BrO. The molecule has 0 bridgehead atoms. The molecule has 1 fully saturated rings. The van der Waals surface area contributed by atoms with Gasteiger partial charge in [-0.05, 0) is 71.9 Å². The van der Waals surface area contributed by atoms with Gasteiger partial charge in [0.05, 0.1) is 6.10 Å². The highest BCUT2D eigenvalue weighted by atomic mass is 79.9. The maximum absolute atomic E-state index is 10.2. The second-order valence-electron chi connectivity index (χ2n) is 7.28. The summed E-state index contributed by atoms with van der Waals surface area (Å²) in [4.78, 5) is 0. The van der Waals surface area contributed by atoms with Gasteiger partial charge in [-0.3, -0.25) is 0 Å². The number of aryl methyl sites for hydroxylation is 2. The third-order valence-electron chi connectivity index (χ3n) is 5.76. The van der Waals surface area contributed by atoms with Gasteiger partial charge >= 0.3 is 0 Å². The van der Waals surface area contributed by atoms with Crippen LogP contribution in [0.15, 0.2) is 28.7 Å². The molecule has 110 valence electrons. The monoisotopic (exact) mass is 344 g/mol. The molecule has 1 N–H and O–H groups in total. The molecule has 21 heavy (non-hydrogen) atoms. The standard InChI is InChI=1S/C19H21BrO/c1-11-3-4-14-15(7-11)13-5-6-19(2)10-12(21)8-17(19)16(13)9-18(14)20/h3-4,7,9,12,17,21H,5-6,8,10H2,1-2H3/t12-,17+,19-/m1/s1. The van der Waals surface area contributed by atoms with E-state index in [1.807, 2.05) is 0 Å². The number of aliphatic hydroxyl groups is 1. The molecule has 2 aliphatic rings. The second kappa shape index (κ2) is 4.57. The third kappa shape index (κ3) is 1.99. The number of benzene rings is 2. The zero-order valence-electron chi connectivity index (χ0n) is 12.6. The van der Waals surface area contributed by atoms with Crippen molar-refractivity contribution >= 4 is 26.7 Å². The molecular weight excluding hydrogens is 324 g/mol. The summed E-state index contributed by atoms with van der Waals surface area (Å²) in [6.45, 7) is 4.53. The Bertz CT molecular complexity index is 736. The molecule has 3 atom stereocenters. The van der Waals surface area contributed by atoms with Gasteiger partial charge in [-0.2, -0.15) is 0 Å². The quantitative estimate of drug-likeness (QED) is 0.704. The highest BCUT2D eigenvalue weighted by molar-refractivity contribution is 9.10. The maximum atomic E-state index is 10.2. The van der Waals surface area contributed by atoms with E-state index in [4.69, 9.17) is 0 Å². The van der Waals surface area contributed by atoms with E-state index in [-0.39, 0.29) is 11.5 Å². The van der Waals surface area contributed by atoms with E-state index >= 15 is 0 Å². The molecule has 0 spiro atoms. The van der Waals surface area contributed by atoms with E-state index < -0.39 is 0 Å². The molecule has 0 unspecified atom stereocenters. The first kappa shape index (κ1) is 13.8. The van der Waals surface area contributed by atoms with Gasteiger partial charge in [0.15, 0.2) is 0 Å². The topological polar surface area (TPSA) is 20.2 Å². The van der Waals surface area contributed by atoms with Crippen LogP contribution in [0, 0.1) is 12.3 Å². The van der Waals surface area contributed by atoms with Crippen molar-refractivity contribution in [2.24, 2.45) is 5.41 Å². The molecule has 0 saturated heterocycles. The molecule has 0 aliphatic heterocycles. The van der Waals surface area contributed by atoms with Gasteiger partial charge < -0.3 is 5.11 Å². The smallest absolute Gasteiger partial charge is 0.0551 e. The third-order valence-corrected chi connectivity index (χ3v) is 6.42. The summed E-state index contributed by atoms with van der Waals surface area (Å²) in [6.07, 6.45) is 4.10. The van der Waals surface area contributed by atoms with E-state index in [1.165, 1.54) is 38.4 Å². The fraction of sp³-hybridized carbons (Fsp3) is 0.474. The molecule has 1 nitrogen and oxygen atoms in total. The van der Waals surface area contributed by atoms with Gasteiger partial charge in [0.25, 0.3) is 0 Å². The number of aliphatic hydroxyl groups excluding tert-OH is 1. The molecule has 0 heterocycles. The van der Waals surface area contributed by atoms with Gasteiger partial charge in [-0.15, -0.1) is 0 Å². The molecule has 2 aliphatic carbocycles. The van der Waals surface area contributed by atoms with E-state index in [2.05, 4.69) is 54.0 Å². The van der Waals surface area contributed by atoms with Gasteiger partial charge in [-0.25, -0.2) is 0 Å². The van der Waals surface area contributed by atoms with Crippen LogP contribution in [0.25, 0.3) is 10.8 Å². The molecule has 2 heteroatoms. The average molecular weight is 345 g/mol. The van der Waals surface area contributed by atoms with E-state index in [0.29, 0.717) is 5.92 Å². The number of hydrogen-bond acceptors (Lipinski definition) is 1. The average Bonchev–Trinajstić information content (AvgIpc) is 2.73. The SMILES string of the molecule is Cc1ccc2c(Br)cc3c(c2c1)CC[C@]1(C)C[C@H](O)C[C@@H]31. The van der Waals surface area contributed by atoms with Crippen LogP contribution in [0.3, 0.4) is 0 Å². The summed E-state index contributed by atoms with van der Waals surface area (Å²) in [6, 6.07) is 9.07. The Labute approximate surface area is 134 Å². The lowest BCUT2D eigenvalue weighted by Crippen LogP contribution is -2.26. The maximum Gasteiger partial charge on any atom is 0.0551 e. The van der Waals surface area contributed by atoms with E-state index in [1.54, 1.807) is 0 Å². The van der Waals surface area contributed by atoms with Crippen LogP contribution >= 0.6 is 15.9 Å². The van der Waals surface area contributed by atoms with Crippen LogP contribution < -0.4 is 0 Å². The van der Waals surface area contributed by atoms with Crippen molar-refractivity contribution in [2.75, 3.05) is 0 Å². The lowest BCUT2D eigenvalue weighted by Gasteiger charge is -2.38. The van der Waals surface area contributed by atoms with Gasteiger partial charge in [-0.1, -0.05) is 46.6 Å². The number of fused-ring (bicyclic) bond motifs is 5. The summed E-state index contributed by atoms with van der Waals surface area (Å²) in [5.74, 6) is 0.512. The number of halogens is 1. The first-order valence-electron chi connectivity index (χ1n) is 7.88. The molecule has 0 aromatic heterocycles. The molecule has 2 aromatic rings. The second-order valence-corrected chi connectivity index (χ2v) is 8.13. The van der Waals surface area contributed by atoms with Gasteiger partial charge in [0.1, 0.15) is 0 Å². The molecule has 1 saturated carbocycles. The fourth-order valence-electron chi connectivity index (χ4n) is 4.67. The zero-order valence-corrected chi connectivity index (χ0v) is 14.2. The van der Waals surface area contributed by atoms with E-state index in [9.17, 15) is 5.11 Å². The highest BCUT2D eigenvalue weighted by Crippen LogP contribution is 2.56. The molecule has 4 rings (SSSR count). The van der Waals surface area contributed by atoms with Crippen LogP contribution in [0.2, 0.25) is 0 Å². The lowest BCUT2D eigenvalue weighted by atomic mass is 9.66. The summed E-state index contributed by atoms with van der Waals surface area (Å²) < 4.78 is 1.20. The van der Waals surface area contributed by atoms with Crippen LogP contribution in [0.4, 0.5) is 0 Å². The first-order chi connectivity index (χ1) is 9.98. The fourth-order valence-corrected chi connectivity index (χ4v) is 5.26. The van der Waals surface area contributed by atoms with Crippen LogP contribution in [-0.2, 0) is 6.42 Å². The summed E-state index contributed by atoms with van der Waals surface area (Å²) in [7, 11) is 0. The predicted octanol–water partition coefficient (Wildman–Crippen LogP) is 5.10. The summed E-state index contributed by atoms with van der Waals surface area (Å²) in [5.41, 5.74) is 4.60. The van der Waals surface area contributed by atoms with Crippen molar-refractivity contribution in [1.29, 1.82) is 0 Å². The van der Waals surface area contributed by atoms with Gasteiger partial charge in [0.2, 0.25) is 0 Å². The Balaban J connectivity index is 1.99. The highest BCUT2D eigenvalue weighted by Gasteiger charge is 2.47. The van der Waals surface area contributed by atoms with Crippen molar-refractivity contribution in [3.63, 3.8) is 0 Å². The Morgan fingerprint density at radius 1 is 1.24 bits per heavy atom. The van der Waals surface area contributed by atoms with Crippen molar-refractivity contribution in [2.45, 2.75) is 51.6 Å². The number of hydrogen-bond donors (Lipinski definition) is 1. The minimum absolute atomic E-state index is 0.127. The van der Waals surface area contributed by atoms with E-state index in [0.717, 1.165) is 19.3 Å². The van der Waals surface area contributed by atoms with Crippen molar-refractivity contribution in [3.8, 4) is 0 Å². The lowest BCUT2D eigenvalue weighted by molar-refractivity contribution is 0.159. The zero-order chi connectivity index (χ0) is 14.8. The first-order valence-corrected chi connectivity index (χ1v) is 8.67. The Morgan fingerprint density at radius 2 is 2.05 bits per heavy atom. The summed E-state index contributed by atoms with van der Waals surface area (Å²) >= 11 is 3.77. The number of rotatable bonds is 0.